The average Bonchev–Trinajstić information content (AvgIpc) is 1.58. The van der Waals surface area contributed by atoms with E-state index in [9.17, 15) is 83.1 Å². The van der Waals surface area contributed by atoms with Gasteiger partial charge in [-0.05, 0) is 124 Å². The van der Waals surface area contributed by atoms with Gasteiger partial charge in [0, 0.05) is 48.4 Å². The van der Waals surface area contributed by atoms with Crippen LogP contribution in [-0.4, -0.2) is 248 Å². The number of aromatic hydroxyl groups is 1. The number of fused-ring (bicyclic) bond motifs is 1. The number of nitrogens with two attached hydrogens (primary N) is 4. The second kappa shape index (κ2) is 49.6. The van der Waals surface area contributed by atoms with Crippen molar-refractivity contribution in [3.63, 3.8) is 0 Å². The molecule has 14 amide bonds. The molecule has 0 saturated carbocycles. The number of rotatable bonds is 28. The van der Waals surface area contributed by atoms with Crippen molar-refractivity contribution in [2.24, 2.45) is 22.9 Å². The van der Waals surface area contributed by atoms with Crippen LogP contribution in [0.5, 0.6) is 5.75 Å². The summed E-state index contributed by atoms with van der Waals surface area (Å²) in [4.78, 5) is 219. The summed E-state index contributed by atoms with van der Waals surface area (Å²) in [6, 6.07) is 16.7. The van der Waals surface area contributed by atoms with Gasteiger partial charge in [-0.3, -0.25) is 67.1 Å². The van der Waals surface area contributed by atoms with Gasteiger partial charge in [-0.25, -0.2) is 4.79 Å². The van der Waals surface area contributed by atoms with Crippen LogP contribution in [0.15, 0.2) is 146 Å². The Morgan fingerprint density at radius 1 is 0.467 bits per heavy atom. The smallest absolute Gasteiger partial charge is 0.327 e. The number of hydrogen-bond donors (Lipinski definition) is 23. The van der Waals surface area contributed by atoms with Crippen LogP contribution < -0.4 is 92.1 Å². The number of aliphatic hydroxyl groups excluding tert-OH is 3. The monoisotopic (exact) mass is 1730 g/mol. The van der Waals surface area contributed by atoms with Crippen molar-refractivity contribution in [1.29, 1.82) is 0 Å². The van der Waals surface area contributed by atoms with Crippen LogP contribution in [0.25, 0.3) is 10.9 Å². The lowest BCUT2D eigenvalue weighted by Crippen LogP contribution is -2.63. The number of carboxylic acid groups (broad SMARTS) is 1. The third kappa shape index (κ3) is 31.8. The molecule has 38 nitrogen and oxygen atoms in total. The molecule has 1 aromatic heterocycles. The molecule has 0 radical (unpaired) electrons. The summed E-state index contributed by atoms with van der Waals surface area (Å²) < 4.78 is 0. The lowest BCUT2D eigenvalue weighted by Gasteiger charge is -2.29. The molecule has 7 rings (SSSR count). The van der Waals surface area contributed by atoms with Crippen LogP contribution in [-0.2, 0) is 104 Å². The number of phenols is 1. The highest BCUT2D eigenvalue weighted by Crippen LogP contribution is 2.25. The molecule has 1 saturated heterocycles. The maximum absolute atomic E-state index is 15.4. The minimum Gasteiger partial charge on any atom is -0.508 e. The van der Waals surface area contributed by atoms with Gasteiger partial charge in [0.2, 0.25) is 82.7 Å². The summed E-state index contributed by atoms with van der Waals surface area (Å²) in [5.41, 5.74) is 26.6. The van der Waals surface area contributed by atoms with E-state index in [1.165, 1.54) is 24.3 Å². The van der Waals surface area contributed by atoms with E-state index in [4.69, 9.17) is 22.9 Å². The largest absolute Gasteiger partial charge is 0.508 e. The fourth-order valence-electron chi connectivity index (χ4n) is 12.8. The van der Waals surface area contributed by atoms with E-state index >= 15 is 14.4 Å². The van der Waals surface area contributed by atoms with Gasteiger partial charge in [-0.15, -0.1) is 0 Å². The summed E-state index contributed by atoms with van der Waals surface area (Å²) in [6.07, 6.45) is -5.30. The fraction of sp³-hybridized carbons (Fsp3) is 0.427. The SMILES string of the molecule is C[C@@H](O)C1NC(=O)[C@H](CCCCN)NC(=O)[C@H](Cc2cc3ccccc3[nH]2)NC(=O)[C@H](Cc2ccccc2)NC(=O)C(Cc2ccccc2)NC(=O)[C@@H](CC(N)=O)NC(=O)[C@H](CCCCN)NC(=O)[C@H](NC(=O)CNC(=O)[C@@H](N)Cc2ccc(O)cc2)CSSCC(C(=O)O)NC(=O)[C@H](CO)NC(=O)C([C@@H](C)O)NC(=O)[C@@H](Cc2ccccc2)NC1=O. The Hall–Kier alpha value is -12.1. The van der Waals surface area contributed by atoms with Crippen molar-refractivity contribution >= 4 is 121 Å². The standard InChI is InChI=1S/C82H108N18O20S2/c1-45(102)68-80(117)96-60(37-49-22-10-5-11-23-49)77(114)100-69(46(2)103)81(118)97-63(42-101)78(115)98-65(82(119)120)44-122-121-43-64(89-67(106)41-87-70(107)54(85)34-50-28-30-53(104)31-29-50)79(116)91-56(26-14-16-32-83)71(108)95-62(40-66(86)105)76(113)93-58(35-47-18-6-3-7-19-47)73(110)92-59(36-48-20-8-4-9-21-48)74(111)94-61(39-52-38-51-24-12-13-25-55(51)88-52)75(112)90-57(72(109)99-68)27-15-17-33-84/h3-13,18-25,28-31,38,45-46,54,56-65,68-69,88,101-104H,14-17,26-27,32-37,39-44,83-85H2,1-2H3,(H2,86,105)(H,87,107)(H,89,106)(H,90,112)(H,91,116)(H,92,110)(H,93,113)(H,94,111)(H,95,108)(H,96,117)(H,97,118)(H,98,115)(H,99,109)(H,100,114)(H,119,120)/t45-,46-,54+,56+,57+,58?,59+,60-,61+,62-,63+,64-,65?,68?,69?/m1/s1. The molecule has 2 heterocycles. The molecular formula is C82H108N18O20S2. The molecule has 1 aliphatic rings. The number of primary amides is 1. The minimum absolute atomic E-state index is 0.0363. The Bertz CT molecular complexity index is 4500. The molecule has 15 atom stereocenters. The Morgan fingerprint density at radius 3 is 1.34 bits per heavy atom. The van der Waals surface area contributed by atoms with Crippen LogP contribution in [0, 0.1) is 0 Å². The molecule has 0 spiro atoms. The number of carbonyl (C=O) groups excluding carboxylic acids is 14. The van der Waals surface area contributed by atoms with Crippen LogP contribution in [0.3, 0.4) is 0 Å². The molecule has 5 aromatic carbocycles. The first-order valence-corrected chi connectivity index (χ1v) is 42.1. The zero-order chi connectivity index (χ0) is 89.0. The lowest BCUT2D eigenvalue weighted by molar-refractivity contribution is -0.142. The number of aromatic nitrogens is 1. The third-order valence-corrected chi connectivity index (χ3v) is 21.9. The highest BCUT2D eigenvalue weighted by molar-refractivity contribution is 8.76. The zero-order valence-corrected chi connectivity index (χ0v) is 68.9. The molecule has 122 heavy (non-hydrogen) atoms. The molecular weight excluding hydrogens is 1620 g/mol. The number of phenolic OH excluding ortho intramolecular Hbond substituents is 1. The second-order valence-electron chi connectivity index (χ2n) is 29.3. The molecule has 27 N–H and O–H groups in total. The van der Waals surface area contributed by atoms with Gasteiger partial charge in [0.1, 0.15) is 78.3 Å². The van der Waals surface area contributed by atoms with Gasteiger partial charge in [-0.1, -0.05) is 143 Å². The van der Waals surface area contributed by atoms with Crippen LogP contribution >= 0.6 is 21.6 Å². The molecule has 0 aliphatic carbocycles. The van der Waals surface area contributed by atoms with Gasteiger partial charge in [0.15, 0.2) is 0 Å². The van der Waals surface area contributed by atoms with Crippen molar-refractivity contribution in [2.45, 2.75) is 182 Å². The van der Waals surface area contributed by atoms with Gasteiger partial charge in [0.25, 0.3) is 0 Å². The van der Waals surface area contributed by atoms with E-state index in [-0.39, 0.29) is 83.0 Å². The number of para-hydroxylation sites is 1. The third-order valence-electron chi connectivity index (χ3n) is 19.5. The number of carboxylic acids is 1. The van der Waals surface area contributed by atoms with E-state index in [1.807, 2.05) is 0 Å². The average molecular weight is 1730 g/mol. The van der Waals surface area contributed by atoms with E-state index in [0.717, 1.165) is 24.6 Å². The number of hydrogen-bond acceptors (Lipinski definition) is 24. The van der Waals surface area contributed by atoms with Crippen molar-refractivity contribution in [1.82, 2.24) is 74.1 Å². The molecule has 6 aromatic rings. The Kier molecular flexibility index (Phi) is 39.5. The second-order valence-corrected chi connectivity index (χ2v) is 31.9. The van der Waals surface area contributed by atoms with Gasteiger partial charge in [0.05, 0.1) is 37.8 Å². The van der Waals surface area contributed by atoms with Gasteiger partial charge in [-0.2, -0.15) is 0 Å². The van der Waals surface area contributed by atoms with Crippen molar-refractivity contribution in [2.75, 3.05) is 37.7 Å². The number of unbranched alkanes of at least 4 members (excludes halogenated alkanes) is 2. The summed E-state index contributed by atoms with van der Waals surface area (Å²) in [6.45, 7) is 0.428. The summed E-state index contributed by atoms with van der Waals surface area (Å²) >= 11 is 0. The number of amides is 14. The Morgan fingerprint density at radius 2 is 0.869 bits per heavy atom. The van der Waals surface area contributed by atoms with Gasteiger partial charge < -0.3 is 123 Å². The van der Waals surface area contributed by atoms with Crippen molar-refractivity contribution in [3.8, 4) is 5.75 Å². The number of aliphatic carboxylic acids is 1. The highest BCUT2D eigenvalue weighted by atomic mass is 33.1. The number of aliphatic hydroxyl groups is 3. The first kappa shape index (κ1) is 97.1. The molecule has 1 aliphatic heterocycles. The molecule has 0 bridgehead atoms. The fourth-order valence-corrected chi connectivity index (χ4v) is 15.2. The quantitative estimate of drug-likeness (QED) is 0.0164. The van der Waals surface area contributed by atoms with Crippen LogP contribution in [0.1, 0.15) is 86.7 Å². The lowest BCUT2D eigenvalue weighted by atomic mass is 10.0. The number of benzene rings is 5. The summed E-state index contributed by atoms with van der Waals surface area (Å²) in [5.74, 6) is -18.1. The topological polar surface area (TPSA) is 633 Å². The number of carbonyl (C=O) groups is 15. The molecule has 1 fully saturated rings. The van der Waals surface area contributed by atoms with E-state index in [2.05, 4.69) is 74.1 Å². The predicted octanol–water partition coefficient (Wildman–Crippen LogP) is -3.99. The molecule has 4 unspecified atom stereocenters. The number of H-pyrrole nitrogens is 1. The predicted molar refractivity (Wildman–Crippen MR) is 451 cm³/mol. The summed E-state index contributed by atoms with van der Waals surface area (Å²) in [7, 11) is 1.46. The first-order valence-electron chi connectivity index (χ1n) is 39.6. The Balaban J connectivity index is 1.30. The van der Waals surface area contributed by atoms with Crippen molar-refractivity contribution < 1.29 is 97.5 Å². The zero-order valence-electron chi connectivity index (χ0n) is 67.2. The summed E-state index contributed by atoms with van der Waals surface area (Å²) in [5, 5.41) is 86.2. The molecule has 40 heteroatoms. The number of aromatic amines is 1. The maximum atomic E-state index is 15.4. The van der Waals surface area contributed by atoms with E-state index in [0.29, 0.717) is 56.1 Å². The van der Waals surface area contributed by atoms with E-state index < -0.39 is 210 Å². The van der Waals surface area contributed by atoms with Crippen LogP contribution in [0.4, 0.5) is 0 Å². The normalized spacial score (nSPS) is 23.0. The first-order chi connectivity index (χ1) is 58.3. The van der Waals surface area contributed by atoms with Crippen molar-refractivity contribution in [3.05, 3.63) is 174 Å². The highest BCUT2D eigenvalue weighted by Gasteiger charge is 2.40. The Labute approximate surface area is 710 Å². The maximum Gasteiger partial charge on any atom is 0.327 e. The van der Waals surface area contributed by atoms with Crippen LogP contribution in [0.2, 0.25) is 0 Å². The number of nitrogens with one attached hydrogen (secondary N) is 14. The molecule has 658 valence electrons. The van der Waals surface area contributed by atoms with Gasteiger partial charge >= 0.3 is 5.97 Å². The minimum atomic E-state index is -2.00. The van der Waals surface area contributed by atoms with E-state index in [1.54, 1.807) is 121 Å².